The van der Waals surface area contributed by atoms with Crippen LogP contribution in [0.1, 0.15) is 11.1 Å². The molecule has 0 atom stereocenters. The Morgan fingerprint density at radius 3 is 2.65 bits per heavy atom. The van der Waals surface area contributed by atoms with E-state index < -0.39 is 30.2 Å². The Bertz CT molecular complexity index is 1430. The maximum Gasteiger partial charge on any atom is 0.417 e. The number of pyridine rings is 1. The van der Waals surface area contributed by atoms with E-state index in [0.29, 0.717) is 34.4 Å². The lowest BCUT2D eigenvalue weighted by atomic mass is 10.2. The highest BCUT2D eigenvalue weighted by Crippen LogP contribution is 2.35. The van der Waals surface area contributed by atoms with Crippen LogP contribution in [0.15, 0.2) is 55.2 Å². The topological polar surface area (TPSA) is 104 Å². The number of H-pyrrole nitrogens is 1. The number of aryl methyl sites for hydroxylation is 1. The van der Waals surface area contributed by atoms with Crippen LogP contribution in [0.5, 0.6) is 11.6 Å². The van der Waals surface area contributed by atoms with Gasteiger partial charge >= 0.3 is 12.2 Å². The number of hydrogen-bond donors (Lipinski definition) is 1. The summed E-state index contributed by atoms with van der Waals surface area (Å²) in [6.45, 7) is 1.32. The molecule has 0 radical (unpaired) electrons. The standard InChI is InChI=1S/C22H15F3N6O3/c1-12-6-14(2-3-17(12)34-20-16-4-5-27-19(16)28-11-29-20)31-18(32)10-30(21(31)33)15-7-13(8-26-9-15)22(23,24)25/h2-9,11H,10H2,1H3,(H,27,28,29). The van der Waals surface area contributed by atoms with Gasteiger partial charge in [-0.15, -0.1) is 0 Å². The molecule has 1 aliphatic rings. The van der Waals surface area contributed by atoms with Gasteiger partial charge in [0.1, 0.15) is 24.3 Å². The number of aromatic nitrogens is 4. The average Bonchev–Trinajstić information content (AvgIpc) is 3.39. The average molecular weight is 468 g/mol. The number of rotatable bonds is 4. The van der Waals surface area contributed by atoms with Crippen LogP contribution in [0.3, 0.4) is 0 Å². The number of amides is 3. The van der Waals surface area contributed by atoms with Crippen LogP contribution in [-0.4, -0.2) is 38.4 Å². The number of alkyl halides is 3. The fourth-order valence-electron chi connectivity index (χ4n) is 3.61. The van der Waals surface area contributed by atoms with Crippen molar-refractivity contribution in [2.75, 3.05) is 16.3 Å². The number of benzene rings is 1. The van der Waals surface area contributed by atoms with Gasteiger partial charge in [0.05, 0.1) is 28.5 Å². The molecular weight excluding hydrogens is 453 g/mol. The van der Waals surface area contributed by atoms with Crippen molar-refractivity contribution in [3.8, 4) is 11.6 Å². The number of nitrogens with one attached hydrogen (secondary N) is 1. The van der Waals surface area contributed by atoms with E-state index in [9.17, 15) is 22.8 Å². The molecular formula is C22H15F3N6O3. The molecule has 1 saturated heterocycles. The van der Waals surface area contributed by atoms with Gasteiger partial charge in [-0.3, -0.25) is 14.7 Å². The molecule has 3 amide bonds. The number of fused-ring (bicyclic) bond motifs is 1. The molecule has 1 aliphatic heterocycles. The van der Waals surface area contributed by atoms with Gasteiger partial charge in [0.15, 0.2) is 0 Å². The maximum absolute atomic E-state index is 13.0. The number of carbonyl (C=O) groups excluding carboxylic acids is 2. The summed E-state index contributed by atoms with van der Waals surface area (Å²) in [6.07, 6.45) is 0.202. The van der Waals surface area contributed by atoms with Gasteiger partial charge in [-0.05, 0) is 42.8 Å². The first-order valence-corrected chi connectivity index (χ1v) is 9.95. The van der Waals surface area contributed by atoms with Gasteiger partial charge in [0.25, 0.3) is 5.91 Å². The summed E-state index contributed by atoms with van der Waals surface area (Å²) < 4.78 is 45.0. The first-order valence-electron chi connectivity index (χ1n) is 9.95. The predicted octanol–water partition coefficient (Wildman–Crippen LogP) is 4.45. The Labute approximate surface area is 189 Å². The van der Waals surface area contributed by atoms with E-state index in [4.69, 9.17) is 4.74 Å². The minimum absolute atomic E-state index is 0.119. The monoisotopic (exact) mass is 468 g/mol. The van der Waals surface area contributed by atoms with E-state index in [1.54, 1.807) is 31.3 Å². The van der Waals surface area contributed by atoms with Gasteiger partial charge < -0.3 is 9.72 Å². The largest absolute Gasteiger partial charge is 0.438 e. The quantitative estimate of drug-likeness (QED) is 0.444. The molecule has 9 nitrogen and oxygen atoms in total. The molecule has 1 N–H and O–H groups in total. The van der Waals surface area contributed by atoms with Crippen molar-refractivity contribution in [1.29, 1.82) is 0 Å². The number of anilines is 2. The summed E-state index contributed by atoms with van der Waals surface area (Å²) in [7, 11) is 0. The van der Waals surface area contributed by atoms with Gasteiger partial charge in [-0.2, -0.15) is 13.2 Å². The second-order valence-electron chi connectivity index (χ2n) is 7.50. The molecule has 172 valence electrons. The van der Waals surface area contributed by atoms with Crippen LogP contribution in [0.2, 0.25) is 0 Å². The van der Waals surface area contributed by atoms with E-state index in [2.05, 4.69) is 19.9 Å². The third kappa shape index (κ3) is 3.68. The minimum atomic E-state index is -4.63. The lowest BCUT2D eigenvalue weighted by molar-refractivity contribution is -0.137. The molecule has 0 bridgehead atoms. The predicted molar refractivity (Wildman–Crippen MR) is 115 cm³/mol. The molecule has 0 unspecified atom stereocenters. The summed E-state index contributed by atoms with van der Waals surface area (Å²) in [5.74, 6) is 0.196. The Morgan fingerprint density at radius 2 is 1.88 bits per heavy atom. The van der Waals surface area contributed by atoms with Gasteiger partial charge in [0, 0.05) is 12.4 Å². The summed E-state index contributed by atoms with van der Waals surface area (Å²) in [5.41, 5.74) is 0.349. The van der Waals surface area contributed by atoms with Crippen LogP contribution in [-0.2, 0) is 11.0 Å². The summed E-state index contributed by atoms with van der Waals surface area (Å²) in [5, 5.41) is 0.682. The highest BCUT2D eigenvalue weighted by atomic mass is 19.4. The molecule has 0 aliphatic carbocycles. The van der Waals surface area contributed by atoms with Crippen molar-refractivity contribution >= 4 is 34.3 Å². The van der Waals surface area contributed by atoms with Crippen molar-refractivity contribution in [1.82, 2.24) is 19.9 Å². The van der Waals surface area contributed by atoms with Crippen molar-refractivity contribution in [2.24, 2.45) is 0 Å². The van der Waals surface area contributed by atoms with E-state index in [-0.39, 0.29) is 11.4 Å². The van der Waals surface area contributed by atoms with E-state index in [1.165, 1.54) is 12.4 Å². The smallest absolute Gasteiger partial charge is 0.417 e. The van der Waals surface area contributed by atoms with Gasteiger partial charge in [-0.25, -0.2) is 19.7 Å². The van der Waals surface area contributed by atoms with Crippen molar-refractivity contribution in [2.45, 2.75) is 13.1 Å². The van der Waals surface area contributed by atoms with E-state index >= 15 is 0 Å². The zero-order chi connectivity index (χ0) is 24.0. The highest BCUT2D eigenvalue weighted by molar-refractivity contribution is 6.27. The van der Waals surface area contributed by atoms with Gasteiger partial charge in [-0.1, -0.05) is 0 Å². The maximum atomic E-state index is 13.0. The molecule has 12 heteroatoms. The summed E-state index contributed by atoms with van der Waals surface area (Å²) in [6, 6.07) is 6.46. The molecule has 0 spiro atoms. The summed E-state index contributed by atoms with van der Waals surface area (Å²) in [4.78, 5) is 42.2. The second-order valence-corrected chi connectivity index (χ2v) is 7.50. The van der Waals surface area contributed by atoms with Crippen molar-refractivity contribution in [3.63, 3.8) is 0 Å². The highest BCUT2D eigenvalue weighted by Gasteiger charge is 2.39. The number of hydrogen-bond acceptors (Lipinski definition) is 6. The first kappa shape index (κ1) is 21.4. The van der Waals surface area contributed by atoms with Crippen LogP contribution < -0.4 is 14.5 Å². The molecule has 5 rings (SSSR count). The zero-order valence-corrected chi connectivity index (χ0v) is 17.5. The minimum Gasteiger partial charge on any atom is -0.438 e. The first-order chi connectivity index (χ1) is 16.2. The molecule has 1 fully saturated rings. The number of carbonyl (C=O) groups is 2. The Kier molecular flexibility index (Phi) is 4.92. The molecule has 4 aromatic rings. The number of imide groups is 1. The fraction of sp³-hybridized carbons (Fsp3) is 0.136. The van der Waals surface area contributed by atoms with Crippen LogP contribution >= 0.6 is 0 Å². The molecule has 3 aromatic heterocycles. The van der Waals surface area contributed by atoms with E-state index in [1.807, 2.05) is 0 Å². The number of urea groups is 1. The van der Waals surface area contributed by atoms with Crippen LogP contribution in [0.4, 0.5) is 29.3 Å². The number of ether oxygens (including phenoxy) is 1. The normalized spacial score (nSPS) is 14.4. The third-order valence-corrected chi connectivity index (χ3v) is 5.27. The Hall–Kier alpha value is -4.48. The molecule has 0 saturated carbocycles. The van der Waals surface area contributed by atoms with Crippen molar-refractivity contribution < 1.29 is 27.5 Å². The van der Waals surface area contributed by atoms with Crippen molar-refractivity contribution in [3.05, 3.63) is 66.4 Å². The lowest BCUT2D eigenvalue weighted by Crippen LogP contribution is -2.33. The molecule has 1 aromatic carbocycles. The lowest BCUT2D eigenvalue weighted by Gasteiger charge is -2.19. The van der Waals surface area contributed by atoms with E-state index in [0.717, 1.165) is 22.1 Å². The second kappa shape index (κ2) is 7.83. The number of nitrogens with zero attached hydrogens (tertiary/aromatic N) is 5. The molecule has 4 heterocycles. The third-order valence-electron chi connectivity index (χ3n) is 5.27. The van der Waals surface area contributed by atoms with Gasteiger partial charge in [0.2, 0.25) is 5.88 Å². The van der Waals surface area contributed by atoms with Crippen LogP contribution in [0, 0.1) is 6.92 Å². The Balaban J connectivity index is 1.41. The number of halogens is 3. The summed E-state index contributed by atoms with van der Waals surface area (Å²) >= 11 is 0. The fourth-order valence-corrected chi connectivity index (χ4v) is 3.61. The zero-order valence-electron chi connectivity index (χ0n) is 17.5. The van der Waals surface area contributed by atoms with Crippen LogP contribution in [0.25, 0.3) is 11.0 Å². The molecule has 34 heavy (non-hydrogen) atoms. The number of aromatic amines is 1. The SMILES string of the molecule is Cc1cc(N2C(=O)CN(c3cncc(C(F)(F)F)c3)C2=O)ccc1Oc1ncnc2[nH]ccc12. The Morgan fingerprint density at radius 1 is 1.06 bits per heavy atom.